The van der Waals surface area contributed by atoms with Gasteiger partial charge in [0.15, 0.2) is 5.96 Å². The highest BCUT2D eigenvalue weighted by molar-refractivity contribution is 5.79. The first-order valence-corrected chi connectivity index (χ1v) is 8.46. The Balaban J connectivity index is 2.53. The fraction of sp³-hybridized carbons (Fsp3) is 0.765. The average Bonchev–Trinajstić information content (AvgIpc) is 2.48. The molecule has 1 fully saturated rings. The normalized spacial score (nSPS) is 19.2. The van der Waals surface area contributed by atoms with Gasteiger partial charge in [-0.25, -0.2) is 4.79 Å². The van der Waals surface area contributed by atoms with Crippen molar-refractivity contribution < 1.29 is 9.53 Å². The van der Waals surface area contributed by atoms with Gasteiger partial charge >= 0.3 is 6.09 Å². The molecule has 0 aromatic heterocycles. The van der Waals surface area contributed by atoms with Crippen LogP contribution in [0.5, 0.6) is 0 Å². The molecule has 132 valence electrons. The summed E-state index contributed by atoms with van der Waals surface area (Å²) in [6.07, 6.45) is 3.67. The number of rotatable bonds is 5. The first-order chi connectivity index (χ1) is 10.9. The maximum Gasteiger partial charge on any atom is 0.410 e. The first kappa shape index (κ1) is 19.3. The smallest absolute Gasteiger partial charge is 0.410 e. The second kappa shape index (κ2) is 9.43. The van der Waals surface area contributed by atoms with E-state index >= 15 is 0 Å². The molecule has 2 N–H and O–H groups in total. The number of aliphatic imine (C=N–C) groups is 1. The molecule has 1 rings (SSSR count). The molecule has 1 saturated heterocycles. The second-order valence-corrected chi connectivity index (χ2v) is 6.82. The maximum absolute atomic E-state index is 12.2. The minimum absolute atomic E-state index is 0.220. The summed E-state index contributed by atoms with van der Waals surface area (Å²) in [6, 6.07) is 0. The van der Waals surface area contributed by atoms with Crippen molar-refractivity contribution in [3.05, 3.63) is 12.7 Å². The lowest BCUT2D eigenvalue weighted by Gasteiger charge is -2.33. The summed E-state index contributed by atoms with van der Waals surface area (Å²) in [5.41, 5.74) is -0.449. The van der Waals surface area contributed by atoms with Crippen molar-refractivity contribution in [1.82, 2.24) is 15.5 Å². The third-order valence-corrected chi connectivity index (χ3v) is 3.44. The van der Waals surface area contributed by atoms with E-state index in [1.165, 1.54) is 0 Å². The van der Waals surface area contributed by atoms with E-state index in [0.717, 1.165) is 31.9 Å². The summed E-state index contributed by atoms with van der Waals surface area (Å²) in [5.74, 6) is 1.16. The van der Waals surface area contributed by atoms with Crippen molar-refractivity contribution in [2.75, 3.05) is 32.7 Å². The van der Waals surface area contributed by atoms with Crippen LogP contribution < -0.4 is 10.6 Å². The molecular weight excluding hydrogens is 292 g/mol. The van der Waals surface area contributed by atoms with Crippen molar-refractivity contribution in [3.63, 3.8) is 0 Å². The lowest BCUT2D eigenvalue weighted by molar-refractivity contribution is 0.0170. The van der Waals surface area contributed by atoms with Crippen molar-refractivity contribution in [2.24, 2.45) is 10.9 Å². The monoisotopic (exact) mass is 324 g/mol. The van der Waals surface area contributed by atoms with Gasteiger partial charge in [-0.3, -0.25) is 4.99 Å². The first-order valence-electron chi connectivity index (χ1n) is 8.46. The van der Waals surface area contributed by atoms with Crippen LogP contribution in [0.1, 0.15) is 40.5 Å². The van der Waals surface area contributed by atoms with Crippen molar-refractivity contribution in [1.29, 1.82) is 0 Å². The molecule has 1 atom stereocenters. The van der Waals surface area contributed by atoms with E-state index in [2.05, 4.69) is 22.2 Å². The third kappa shape index (κ3) is 7.90. The molecule has 6 nitrogen and oxygen atoms in total. The van der Waals surface area contributed by atoms with Crippen LogP contribution >= 0.6 is 0 Å². The molecule has 1 aliphatic heterocycles. The highest BCUT2D eigenvalue weighted by Crippen LogP contribution is 2.19. The Kier molecular flexibility index (Phi) is 7.92. The predicted molar refractivity (Wildman–Crippen MR) is 94.7 cm³/mol. The van der Waals surface area contributed by atoms with Crippen LogP contribution in [0.25, 0.3) is 0 Å². The van der Waals surface area contributed by atoms with Gasteiger partial charge in [-0.1, -0.05) is 6.08 Å². The summed E-state index contributed by atoms with van der Waals surface area (Å²) < 4.78 is 5.46. The summed E-state index contributed by atoms with van der Waals surface area (Å²) >= 11 is 0. The van der Waals surface area contributed by atoms with Crippen LogP contribution in [-0.2, 0) is 4.74 Å². The number of likely N-dealkylation sites (tertiary alicyclic amines) is 1. The van der Waals surface area contributed by atoms with Crippen LogP contribution in [0.2, 0.25) is 0 Å². The van der Waals surface area contributed by atoms with Crippen molar-refractivity contribution in [2.45, 2.75) is 46.1 Å². The van der Waals surface area contributed by atoms with Gasteiger partial charge in [-0.15, -0.1) is 6.58 Å². The van der Waals surface area contributed by atoms with Gasteiger partial charge in [-0.2, -0.15) is 0 Å². The number of piperidine rings is 1. The van der Waals surface area contributed by atoms with Gasteiger partial charge in [0.1, 0.15) is 5.60 Å². The molecule has 0 bridgehead atoms. The standard InChI is InChI=1S/C17H32N4O2/c1-6-10-19-15(18-7-2)20-12-14-9-8-11-21(13-14)16(22)23-17(3,4)5/h6,14H,1,7-13H2,2-5H3,(H2,18,19,20). The number of nitrogens with zero attached hydrogens (tertiary/aromatic N) is 2. The molecule has 1 unspecified atom stereocenters. The van der Waals surface area contributed by atoms with Crippen molar-refractivity contribution in [3.8, 4) is 0 Å². The van der Waals surface area contributed by atoms with E-state index in [0.29, 0.717) is 25.6 Å². The van der Waals surface area contributed by atoms with Gasteiger partial charge < -0.3 is 20.3 Å². The third-order valence-electron chi connectivity index (χ3n) is 3.44. The molecule has 0 aromatic carbocycles. The van der Waals surface area contributed by atoms with Crippen LogP contribution in [0.15, 0.2) is 17.6 Å². The maximum atomic E-state index is 12.2. The zero-order valence-electron chi connectivity index (χ0n) is 15.0. The minimum Gasteiger partial charge on any atom is -0.444 e. The van der Waals surface area contributed by atoms with Gasteiger partial charge in [0, 0.05) is 32.7 Å². The highest BCUT2D eigenvalue weighted by atomic mass is 16.6. The minimum atomic E-state index is -0.449. The van der Waals surface area contributed by atoms with E-state index in [1.54, 1.807) is 11.0 Å². The molecular formula is C17H32N4O2. The molecule has 0 saturated carbocycles. The van der Waals surface area contributed by atoms with Crippen molar-refractivity contribution >= 4 is 12.1 Å². The number of carbonyl (C=O) groups excluding carboxylic acids is 1. The van der Waals surface area contributed by atoms with Crippen LogP contribution in [-0.4, -0.2) is 55.3 Å². The molecule has 1 amide bonds. The number of amides is 1. The Bertz CT molecular complexity index is 415. The van der Waals surface area contributed by atoms with Gasteiger partial charge in [0.2, 0.25) is 0 Å². The molecule has 0 aliphatic carbocycles. The molecule has 0 radical (unpaired) electrons. The van der Waals surface area contributed by atoms with Crippen LogP contribution in [0, 0.1) is 5.92 Å². The van der Waals surface area contributed by atoms with E-state index in [4.69, 9.17) is 4.74 Å². The van der Waals surface area contributed by atoms with E-state index in [1.807, 2.05) is 27.7 Å². The lowest BCUT2D eigenvalue weighted by Crippen LogP contribution is -2.44. The quantitative estimate of drug-likeness (QED) is 0.463. The Labute approximate surface area is 140 Å². The van der Waals surface area contributed by atoms with Gasteiger partial charge in [-0.05, 0) is 46.5 Å². The Morgan fingerprint density at radius 1 is 1.43 bits per heavy atom. The fourth-order valence-electron chi connectivity index (χ4n) is 2.44. The number of guanidine groups is 1. The molecule has 23 heavy (non-hydrogen) atoms. The predicted octanol–water partition coefficient (Wildman–Crippen LogP) is 2.37. The zero-order valence-corrected chi connectivity index (χ0v) is 15.0. The molecule has 0 spiro atoms. The van der Waals surface area contributed by atoms with Gasteiger partial charge in [0.05, 0.1) is 0 Å². The lowest BCUT2D eigenvalue weighted by atomic mass is 9.98. The molecule has 1 heterocycles. The summed E-state index contributed by atoms with van der Waals surface area (Å²) in [7, 11) is 0. The average molecular weight is 324 g/mol. The number of ether oxygens (including phenoxy) is 1. The van der Waals surface area contributed by atoms with E-state index in [-0.39, 0.29) is 6.09 Å². The summed E-state index contributed by atoms with van der Waals surface area (Å²) in [4.78, 5) is 18.6. The zero-order chi connectivity index (χ0) is 17.3. The largest absolute Gasteiger partial charge is 0.444 e. The molecule has 6 heteroatoms. The Morgan fingerprint density at radius 2 is 2.17 bits per heavy atom. The SMILES string of the molecule is C=CCNC(=NCC1CCCN(C(=O)OC(C)(C)C)C1)NCC. The highest BCUT2D eigenvalue weighted by Gasteiger charge is 2.27. The second-order valence-electron chi connectivity index (χ2n) is 6.82. The summed E-state index contributed by atoms with van der Waals surface area (Å²) in [5, 5.41) is 6.40. The Morgan fingerprint density at radius 3 is 2.78 bits per heavy atom. The molecule has 1 aliphatic rings. The molecule has 0 aromatic rings. The number of nitrogens with one attached hydrogen (secondary N) is 2. The van der Waals surface area contributed by atoms with Gasteiger partial charge in [0.25, 0.3) is 0 Å². The van der Waals surface area contributed by atoms with Crippen LogP contribution in [0.3, 0.4) is 0 Å². The van der Waals surface area contributed by atoms with E-state index < -0.39 is 5.60 Å². The summed E-state index contributed by atoms with van der Waals surface area (Å²) in [6.45, 7) is 15.1. The number of carbonyl (C=O) groups is 1. The van der Waals surface area contributed by atoms with E-state index in [9.17, 15) is 4.79 Å². The fourth-order valence-corrected chi connectivity index (χ4v) is 2.44. The number of hydrogen-bond donors (Lipinski definition) is 2. The van der Waals surface area contributed by atoms with Crippen LogP contribution in [0.4, 0.5) is 4.79 Å². The number of hydrogen-bond acceptors (Lipinski definition) is 3. The Hall–Kier alpha value is -1.72. The topological polar surface area (TPSA) is 66.0 Å².